The van der Waals surface area contributed by atoms with Crippen molar-refractivity contribution in [1.82, 2.24) is 10.2 Å². The van der Waals surface area contributed by atoms with Crippen LogP contribution in [0.3, 0.4) is 0 Å². The number of methoxy groups -OCH3 is 1. The van der Waals surface area contributed by atoms with Gasteiger partial charge in [-0.15, -0.1) is 0 Å². The van der Waals surface area contributed by atoms with E-state index in [-0.39, 0.29) is 12.1 Å². The fraction of sp³-hybridized carbons (Fsp3) is 0.917. The van der Waals surface area contributed by atoms with Crippen LogP contribution in [0.15, 0.2) is 0 Å². The van der Waals surface area contributed by atoms with Crippen molar-refractivity contribution in [2.45, 2.75) is 45.3 Å². The van der Waals surface area contributed by atoms with Crippen LogP contribution in [0.4, 0.5) is 0 Å². The molecule has 0 heterocycles. The quantitative estimate of drug-likeness (QED) is 0.663. The molecule has 0 radical (unpaired) electrons. The van der Waals surface area contributed by atoms with E-state index in [4.69, 9.17) is 4.74 Å². The number of likely N-dealkylation sites (N-methyl/N-ethyl adjacent to an activating group) is 1. The normalized spacial score (nSPS) is 17.2. The lowest BCUT2D eigenvalue weighted by atomic mass is 10.00. The molecule has 0 aromatic rings. The van der Waals surface area contributed by atoms with Crippen LogP contribution in [0, 0.1) is 0 Å². The third-order valence-electron chi connectivity index (χ3n) is 2.81. The van der Waals surface area contributed by atoms with Gasteiger partial charge in [0, 0.05) is 25.7 Å². The number of hydrogen-bond acceptors (Lipinski definition) is 4. The van der Waals surface area contributed by atoms with Gasteiger partial charge in [0.25, 0.3) is 0 Å². The Labute approximate surface area is 104 Å². The first-order valence-electron chi connectivity index (χ1n) is 5.93. The fourth-order valence-electron chi connectivity index (χ4n) is 1.84. The summed E-state index contributed by atoms with van der Waals surface area (Å²) in [5.41, 5.74) is -0.940. The van der Waals surface area contributed by atoms with E-state index in [1.54, 1.807) is 14.0 Å². The first-order valence-corrected chi connectivity index (χ1v) is 5.93. The van der Waals surface area contributed by atoms with Gasteiger partial charge in [0.1, 0.15) is 5.54 Å². The molecule has 0 aromatic carbocycles. The number of rotatable bonds is 8. The van der Waals surface area contributed by atoms with Crippen molar-refractivity contribution in [1.29, 1.82) is 0 Å². The van der Waals surface area contributed by atoms with Gasteiger partial charge in [-0.05, 0) is 34.7 Å². The second kappa shape index (κ2) is 6.93. The molecule has 0 saturated carbocycles. The third kappa shape index (κ3) is 5.48. The van der Waals surface area contributed by atoms with Gasteiger partial charge < -0.3 is 9.84 Å². The zero-order valence-electron chi connectivity index (χ0n) is 11.8. The first kappa shape index (κ1) is 16.4. The van der Waals surface area contributed by atoms with Crippen molar-refractivity contribution in [2.24, 2.45) is 0 Å². The van der Waals surface area contributed by atoms with Crippen LogP contribution in [0.5, 0.6) is 0 Å². The molecular formula is C12H26N2O3. The summed E-state index contributed by atoms with van der Waals surface area (Å²) in [5.74, 6) is -0.831. The number of nitrogens with zero attached hydrogens (tertiary/aromatic N) is 1. The number of hydrogen-bond donors (Lipinski definition) is 2. The summed E-state index contributed by atoms with van der Waals surface area (Å²) in [6.07, 6.45) is 0. The average Bonchev–Trinajstić information content (AvgIpc) is 2.16. The zero-order valence-corrected chi connectivity index (χ0v) is 11.8. The molecule has 0 aliphatic rings. The van der Waals surface area contributed by atoms with Crippen LogP contribution >= 0.6 is 0 Å². The van der Waals surface area contributed by atoms with Gasteiger partial charge >= 0.3 is 5.97 Å². The van der Waals surface area contributed by atoms with Gasteiger partial charge in [-0.25, -0.2) is 0 Å². The Morgan fingerprint density at radius 2 is 2.00 bits per heavy atom. The number of carboxylic acid groups (broad SMARTS) is 1. The number of ether oxygens (including phenoxy) is 1. The van der Waals surface area contributed by atoms with Crippen LogP contribution in [0.25, 0.3) is 0 Å². The average molecular weight is 246 g/mol. The SMILES string of the molecule is COCC(C)N(C)CC(C)(NC(C)C)C(=O)O. The summed E-state index contributed by atoms with van der Waals surface area (Å²) < 4.78 is 5.07. The summed E-state index contributed by atoms with van der Waals surface area (Å²) in [6, 6.07) is 0.315. The number of aliphatic carboxylic acids is 1. The van der Waals surface area contributed by atoms with Crippen LogP contribution in [0.1, 0.15) is 27.7 Å². The molecule has 0 fully saturated rings. The molecule has 2 N–H and O–H groups in total. The molecule has 0 rings (SSSR count). The Balaban J connectivity index is 4.59. The maximum atomic E-state index is 11.4. The number of carboxylic acids is 1. The Hall–Kier alpha value is -0.650. The van der Waals surface area contributed by atoms with E-state index in [0.29, 0.717) is 13.2 Å². The second-order valence-corrected chi connectivity index (χ2v) is 5.16. The van der Waals surface area contributed by atoms with Crippen LogP contribution in [0.2, 0.25) is 0 Å². The highest BCUT2D eigenvalue weighted by molar-refractivity contribution is 5.78. The molecule has 0 aromatic heterocycles. The van der Waals surface area contributed by atoms with E-state index < -0.39 is 11.5 Å². The number of carbonyl (C=O) groups is 1. The maximum absolute atomic E-state index is 11.4. The van der Waals surface area contributed by atoms with Crippen LogP contribution < -0.4 is 5.32 Å². The van der Waals surface area contributed by atoms with Crippen molar-refractivity contribution in [3.8, 4) is 0 Å². The topological polar surface area (TPSA) is 61.8 Å². The summed E-state index contributed by atoms with van der Waals surface area (Å²) in [4.78, 5) is 13.3. The second-order valence-electron chi connectivity index (χ2n) is 5.16. The molecule has 0 aliphatic carbocycles. The predicted octanol–water partition coefficient (Wildman–Crippen LogP) is 0.794. The van der Waals surface area contributed by atoms with Crippen molar-refractivity contribution in [3.05, 3.63) is 0 Å². The van der Waals surface area contributed by atoms with E-state index in [9.17, 15) is 9.90 Å². The smallest absolute Gasteiger partial charge is 0.324 e. The van der Waals surface area contributed by atoms with Crippen molar-refractivity contribution in [2.75, 3.05) is 27.3 Å². The molecule has 5 nitrogen and oxygen atoms in total. The summed E-state index contributed by atoms with van der Waals surface area (Å²) >= 11 is 0. The zero-order chi connectivity index (χ0) is 13.6. The molecule has 0 saturated heterocycles. The molecular weight excluding hydrogens is 220 g/mol. The minimum Gasteiger partial charge on any atom is -0.480 e. The molecule has 102 valence electrons. The van der Waals surface area contributed by atoms with E-state index in [1.807, 2.05) is 32.7 Å². The van der Waals surface area contributed by atoms with E-state index >= 15 is 0 Å². The summed E-state index contributed by atoms with van der Waals surface area (Å²) in [6.45, 7) is 8.64. The minimum atomic E-state index is -0.940. The van der Waals surface area contributed by atoms with E-state index in [2.05, 4.69) is 5.32 Å². The Morgan fingerprint density at radius 3 is 2.35 bits per heavy atom. The highest BCUT2D eigenvalue weighted by Crippen LogP contribution is 2.10. The van der Waals surface area contributed by atoms with Crippen LogP contribution in [-0.2, 0) is 9.53 Å². The maximum Gasteiger partial charge on any atom is 0.324 e. The third-order valence-corrected chi connectivity index (χ3v) is 2.81. The van der Waals surface area contributed by atoms with E-state index in [1.165, 1.54) is 0 Å². The van der Waals surface area contributed by atoms with Gasteiger partial charge in [0.15, 0.2) is 0 Å². The lowest BCUT2D eigenvalue weighted by Crippen LogP contribution is -2.59. The molecule has 0 spiro atoms. The van der Waals surface area contributed by atoms with Crippen molar-refractivity contribution >= 4 is 5.97 Å². The molecule has 2 atom stereocenters. The molecule has 2 unspecified atom stereocenters. The molecule has 0 aliphatic heterocycles. The lowest BCUT2D eigenvalue weighted by molar-refractivity contribution is -0.145. The number of nitrogens with one attached hydrogen (secondary N) is 1. The standard InChI is InChI=1S/C12H26N2O3/c1-9(2)13-12(4,11(15)16)8-14(5)10(3)7-17-6/h9-10,13H,7-8H2,1-6H3,(H,15,16). The summed E-state index contributed by atoms with van der Waals surface area (Å²) in [5, 5.41) is 12.4. The Bertz CT molecular complexity index is 246. The van der Waals surface area contributed by atoms with Gasteiger partial charge in [-0.2, -0.15) is 0 Å². The van der Waals surface area contributed by atoms with Gasteiger partial charge in [-0.3, -0.25) is 15.0 Å². The molecule has 0 bridgehead atoms. The van der Waals surface area contributed by atoms with Crippen LogP contribution in [-0.4, -0.2) is 60.9 Å². The van der Waals surface area contributed by atoms with Gasteiger partial charge in [0.2, 0.25) is 0 Å². The lowest BCUT2D eigenvalue weighted by Gasteiger charge is -2.35. The van der Waals surface area contributed by atoms with Crippen molar-refractivity contribution < 1.29 is 14.6 Å². The predicted molar refractivity (Wildman–Crippen MR) is 68.3 cm³/mol. The Morgan fingerprint density at radius 1 is 1.47 bits per heavy atom. The first-order chi connectivity index (χ1) is 7.73. The monoisotopic (exact) mass is 246 g/mol. The fourth-order valence-corrected chi connectivity index (χ4v) is 1.84. The summed E-state index contributed by atoms with van der Waals surface area (Å²) in [7, 11) is 3.56. The highest BCUT2D eigenvalue weighted by atomic mass is 16.5. The Kier molecular flexibility index (Phi) is 6.67. The van der Waals surface area contributed by atoms with Gasteiger partial charge in [-0.1, -0.05) is 0 Å². The van der Waals surface area contributed by atoms with E-state index in [0.717, 1.165) is 0 Å². The molecule has 5 heteroatoms. The minimum absolute atomic E-state index is 0.127. The molecule has 0 amide bonds. The largest absolute Gasteiger partial charge is 0.480 e. The van der Waals surface area contributed by atoms with Gasteiger partial charge in [0.05, 0.1) is 6.61 Å². The molecule has 17 heavy (non-hydrogen) atoms. The highest BCUT2D eigenvalue weighted by Gasteiger charge is 2.35. The van der Waals surface area contributed by atoms with Crippen molar-refractivity contribution in [3.63, 3.8) is 0 Å².